The van der Waals surface area contributed by atoms with Crippen LogP contribution in [0.15, 0.2) is 18.3 Å². The van der Waals surface area contributed by atoms with E-state index in [-0.39, 0.29) is 30.4 Å². The van der Waals surface area contributed by atoms with E-state index < -0.39 is 5.82 Å². The number of carbonyl (C=O) groups is 1. The predicted octanol–water partition coefficient (Wildman–Crippen LogP) is 1.98. The lowest BCUT2D eigenvalue weighted by Gasteiger charge is -2.23. The first-order chi connectivity index (χ1) is 9.70. The van der Waals surface area contributed by atoms with E-state index in [0.29, 0.717) is 0 Å². The third-order valence-corrected chi connectivity index (χ3v) is 3.42. The summed E-state index contributed by atoms with van der Waals surface area (Å²) in [5.41, 5.74) is 0.229. The third kappa shape index (κ3) is 3.90. The molecule has 1 aliphatic rings. The number of carbonyl (C=O) groups excluding carboxylic acids is 1. The Morgan fingerprint density at radius 2 is 2.50 bits per heavy atom. The minimum atomic E-state index is -0.418. The largest absolute Gasteiger partial charge is 0.376 e. The highest BCUT2D eigenvalue weighted by Gasteiger charge is 2.25. The van der Waals surface area contributed by atoms with Crippen molar-refractivity contribution in [1.29, 1.82) is 0 Å². The molecule has 0 spiro atoms. The van der Waals surface area contributed by atoms with Gasteiger partial charge in [-0.1, -0.05) is 6.92 Å². The molecule has 6 heteroatoms. The van der Waals surface area contributed by atoms with Gasteiger partial charge in [-0.05, 0) is 31.4 Å². The SMILES string of the molecule is CC[C@@H](NC(=O)NCc1ncccc1F)[C@@H]1CCCO1. The Hall–Kier alpha value is -1.69. The molecule has 1 aromatic rings. The van der Waals surface area contributed by atoms with Crippen LogP contribution in [0.5, 0.6) is 0 Å². The molecule has 20 heavy (non-hydrogen) atoms. The van der Waals surface area contributed by atoms with Gasteiger partial charge in [0.1, 0.15) is 5.82 Å². The second kappa shape index (κ2) is 7.19. The summed E-state index contributed by atoms with van der Waals surface area (Å²) in [6.07, 6.45) is 4.38. The summed E-state index contributed by atoms with van der Waals surface area (Å²) in [6.45, 7) is 2.83. The minimum absolute atomic E-state index is 0.00826. The van der Waals surface area contributed by atoms with Crippen molar-refractivity contribution < 1.29 is 13.9 Å². The van der Waals surface area contributed by atoms with Gasteiger partial charge >= 0.3 is 6.03 Å². The molecule has 0 unspecified atom stereocenters. The maximum Gasteiger partial charge on any atom is 0.315 e. The number of hydrogen-bond acceptors (Lipinski definition) is 3. The molecular weight excluding hydrogens is 261 g/mol. The topological polar surface area (TPSA) is 63.2 Å². The highest BCUT2D eigenvalue weighted by atomic mass is 19.1. The monoisotopic (exact) mass is 281 g/mol. The second-order valence-corrected chi connectivity index (χ2v) is 4.83. The molecule has 1 aromatic heterocycles. The van der Waals surface area contributed by atoms with E-state index in [1.54, 1.807) is 0 Å². The van der Waals surface area contributed by atoms with Gasteiger partial charge in [-0.3, -0.25) is 4.98 Å². The molecule has 2 rings (SSSR count). The first kappa shape index (κ1) is 14.7. The molecule has 2 heterocycles. The number of ether oxygens (including phenoxy) is 1. The van der Waals surface area contributed by atoms with Crippen molar-refractivity contribution in [2.24, 2.45) is 0 Å². The molecule has 5 nitrogen and oxygen atoms in total. The van der Waals surface area contributed by atoms with Crippen LogP contribution in [-0.4, -0.2) is 29.8 Å². The van der Waals surface area contributed by atoms with Crippen LogP contribution >= 0.6 is 0 Å². The highest BCUT2D eigenvalue weighted by Crippen LogP contribution is 2.17. The Morgan fingerprint density at radius 3 is 3.15 bits per heavy atom. The predicted molar refractivity (Wildman–Crippen MR) is 72.6 cm³/mol. The Morgan fingerprint density at radius 1 is 1.65 bits per heavy atom. The van der Waals surface area contributed by atoms with Crippen molar-refractivity contribution in [2.75, 3.05) is 6.61 Å². The summed E-state index contributed by atoms with van der Waals surface area (Å²) < 4.78 is 18.9. The van der Waals surface area contributed by atoms with E-state index in [4.69, 9.17) is 4.74 Å². The molecule has 110 valence electrons. The van der Waals surface area contributed by atoms with Gasteiger partial charge in [0, 0.05) is 12.8 Å². The number of amides is 2. The van der Waals surface area contributed by atoms with Crippen LogP contribution in [0.3, 0.4) is 0 Å². The number of nitrogens with zero attached hydrogens (tertiary/aromatic N) is 1. The summed E-state index contributed by atoms with van der Waals surface area (Å²) in [6, 6.07) is 2.51. The molecule has 0 radical (unpaired) electrons. The Kier molecular flexibility index (Phi) is 5.29. The molecule has 0 aromatic carbocycles. The first-order valence-electron chi connectivity index (χ1n) is 6.96. The smallest absolute Gasteiger partial charge is 0.315 e. The van der Waals surface area contributed by atoms with Gasteiger partial charge in [0.15, 0.2) is 0 Å². The summed E-state index contributed by atoms with van der Waals surface area (Å²) in [7, 11) is 0. The molecular formula is C14H20FN3O2. The number of hydrogen-bond donors (Lipinski definition) is 2. The highest BCUT2D eigenvalue weighted by molar-refractivity contribution is 5.74. The van der Waals surface area contributed by atoms with Gasteiger partial charge in [-0.15, -0.1) is 0 Å². The fourth-order valence-corrected chi connectivity index (χ4v) is 2.31. The van der Waals surface area contributed by atoms with Crippen LogP contribution in [0.1, 0.15) is 31.9 Å². The number of nitrogens with one attached hydrogen (secondary N) is 2. The van der Waals surface area contributed by atoms with E-state index in [1.807, 2.05) is 6.92 Å². The van der Waals surface area contributed by atoms with Gasteiger partial charge in [0.2, 0.25) is 0 Å². The van der Waals surface area contributed by atoms with Crippen LogP contribution in [0.4, 0.5) is 9.18 Å². The van der Waals surface area contributed by atoms with Gasteiger partial charge in [0.05, 0.1) is 24.4 Å². The summed E-state index contributed by atoms with van der Waals surface area (Å²) in [4.78, 5) is 15.7. The maximum absolute atomic E-state index is 13.4. The zero-order valence-corrected chi connectivity index (χ0v) is 11.6. The Balaban J connectivity index is 1.81. The lowest BCUT2D eigenvalue weighted by molar-refractivity contribution is 0.0796. The van der Waals surface area contributed by atoms with E-state index in [9.17, 15) is 9.18 Å². The summed E-state index contributed by atoms with van der Waals surface area (Å²) in [5.74, 6) is -0.418. The van der Waals surface area contributed by atoms with Gasteiger partial charge in [-0.25, -0.2) is 9.18 Å². The lowest BCUT2D eigenvalue weighted by atomic mass is 10.1. The van der Waals surface area contributed by atoms with Crippen LogP contribution in [0.2, 0.25) is 0 Å². The molecule has 2 N–H and O–H groups in total. The fourth-order valence-electron chi connectivity index (χ4n) is 2.31. The fraction of sp³-hybridized carbons (Fsp3) is 0.571. The van der Waals surface area contributed by atoms with E-state index >= 15 is 0 Å². The van der Waals surface area contributed by atoms with Crippen molar-refractivity contribution in [2.45, 2.75) is 44.9 Å². The third-order valence-electron chi connectivity index (χ3n) is 3.42. The molecule has 2 atom stereocenters. The molecule has 0 saturated carbocycles. The van der Waals surface area contributed by atoms with Crippen LogP contribution in [0, 0.1) is 5.82 Å². The standard InChI is InChI=1S/C14H20FN3O2/c1-2-11(13-6-4-8-20-13)18-14(19)17-9-12-10(15)5-3-7-16-12/h3,5,7,11,13H,2,4,6,8-9H2,1H3,(H2,17,18,19)/t11-,13+/m1/s1. The van der Waals surface area contributed by atoms with Crippen LogP contribution in [-0.2, 0) is 11.3 Å². The Bertz CT molecular complexity index is 450. The van der Waals surface area contributed by atoms with Crippen molar-refractivity contribution >= 4 is 6.03 Å². The van der Waals surface area contributed by atoms with E-state index in [1.165, 1.54) is 18.3 Å². The van der Waals surface area contributed by atoms with Gasteiger partial charge in [-0.2, -0.15) is 0 Å². The average molecular weight is 281 g/mol. The van der Waals surface area contributed by atoms with Gasteiger partial charge in [0.25, 0.3) is 0 Å². The van der Waals surface area contributed by atoms with Crippen molar-refractivity contribution in [3.05, 3.63) is 29.8 Å². The van der Waals surface area contributed by atoms with Crippen molar-refractivity contribution in [3.63, 3.8) is 0 Å². The van der Waals surface area contributed by atoms with E-state index in [0.717, 1.165) is 25.9 Å². The van der Waals surface area contributed by atoms with Gasteiger partial charge < -0.3 is 15.4 Å². The molecule has 1 saturated heterocycles. The zero-order chi connectivity index (χ0) is 14.4. The number of halogens is 1. The molecule has 1 fully saturated rings. The molecule has 0 aliphatic carbocycles. The normalized spacial score (nSPS) is 19.6. The molecule has 0 bridgehead atoms. The van der Waals surface area contributed by atoms with Crippen molar-refractivity contribution in [1.82, 2.24) is 15.6 Å². The number of aromatic nitrogens is 1. The average Bonchev–Trinajstić information content (AvgIpc) is 2.98. The summed E-state index contributed by atoms with van der Waals surface area (Å²) in [5, 5.41) is 5.49. The minimum Gasteiger partial charge on any atom is -0.376 e. The molecule has 1 aliphatic heterocycles. The maximum atomic E-state index is 13.4. The van der Waals surface area contributed by atoms with Crippen LogP contribution < -0.4 is 10.6 Å². The number of rotatable bonds is 5. The molecule has 2 amide bonds. The first-order valence-corrected chi connectivity index (χ1v) is 6.96. The lowest BCUT2D eigenvalue weighted by Crippen LogP contribution is -2.47. The Labute approximate surface area is 117 Å². The van der Waals surface area contributed by atoms with E-state index in [2.05, 4.69) is 15.6 Å². The summed E-state index contributed by atoms with van der Waals surface area (Å²) >= 11 is 0. The van der Waals surface area contributed by atoms with Crippen molar-refractivity contribution in [3.8, 4) is 0 Å². The zero-order valence-electron chi connectivity index (χ0n) is 11.6. The second-order valence-electron chi connectivity index (χ2n) is 4.83. The number of urea groups is 1. The van der Waals surface area contributed by atoms with Crippen LogP contribution in [0.25, 0.3) is 0 Å². The number of pyridine rings is 1. The quantitative estimate of drug-likeness (QED) is 0.867.